The van der Waals surface area contributed by atoms with Gasteiger partial charge in [0.1, 0.15) is 5.82 Å². The number of rotatable bonds is 6. The van der Waals surface area contributed by atoms with Crippen LogP contribution < -0.4 is 16.4 Å². The molecule has 100 valence electrons. The molecule has 0 unspecified atom stereocenters. The highest BCUT2D eigenvalue weighted by Gasteiger charge is 2.34. The van der Waals surface area contributed by atoms with E-state index in [-0.39, 0.29) is 0 Å². The third-order valence-electron chi connectivity index (χ3n) is 4.58. The fourth-order valence-corrected chi connectivity index (χ4v) is 2.88. The molecule has 0 atom stereocenters. The monoisotopic (exact) mass is 249 g/mol. The summed E-state index contributed by atoms with van der Waals surface area (Å²) < 4.78 is 2.10. The van der Waals surface area contributed by atoms with Crippen molar-refractivity contribution >= 4 is 5.82 Å². The zero-order valence-corrected chi connectivity index (χ0v) is 10.9. The third-order valence-corrected chi connectivity index (χ3v) is 4.58. The Labute approximate surface area is 108 Å². The molecule has 1 aromatic heterocycles. The molecule has 2 aliphatic rings. The van der Waals surface area contributed by atoms with Gasteiger partial charge in [0.15, 0.2) is 0 Å². The summed E-state index contributed by atoms with van der Waals surface area (Å²) in [6.07, 6.45) is 7.01. The molecule has 4 N–H and O–H groups in total. The van der Waals surface area contributed by atoms with E-state index >= 15 is 0 Å². The van der Waals surface area contributed by atoms with Crippen LogP contribution in [0.25, 0.3) is 0 Å². The minimum Gasteiger partial charge on any atom is -0.370 e. The minimum absolute atomic E-state index is 0.426. The maximum Gasteiger partial charge on any atom is 0.124 e. The van der Waals surface area contributed by atoms with Crippen molar-refractivity contribution in [2.75, 3.05) is 31.5 Å². The van der Waals surface area contributed by atoms with Crippen LogP contribution in [0.1, 0.15) is 31.7 Å². The lowest BCUT2D eigenvalue weighted by Crippen LogP contribution is -2.44. The molecule has 5 nitrogen and oxygen atoms in total. The fourth-order valence-electron chi connectivity index (χ4n) is 2.88. The molecule has 2 fully saturated rings. The van der Waals surface area contributed by atoms with Crippen molar-refractivity contribution in [3.8, 4) is 0 Å². The lowest BCUT2D eigenvalue weighted by Gasteiger charge is -2.41. The van der Waals surface area contributed by atoms with Crippen molar-refractivity contribution in [2.45, 2.75) is 31.7 Å². The van der Waals surface area contributed by atoms with Gasteiger partial charge >= 0.3 is 0 Å². The van der Waals surface area contributed by atoms with Gasteiger partial charge in [-0.3, -0.25) is 0 Å². The van der Waals surface area contributed by atoms with Gasteiger partial charge < -0.3 is 16.4 Å². The zero-order valence-electron chi connectivity index (χ0n) is 10.9. The SMILES string of the molecule is NCC1(CCNc2ccnn2C2CNC2)CCC1. The molecule has 0 bridgehead atoms. The molecular formula is C13H23N5. The Morgan fingerprint density at radius 1 is 1.50 bits per heavy atom. The zero-order chi connectivity index (χ0) is 12.4. The first kappa shape index (κ1) is 12.0. The maximum absolute atomic E-state index is 5.88. The first-order chi connectivity index (χ1) is 8.83. The van der Waals surface area contributed by atoms with Crippen LogP contribution in [0.15, 0.2) is 12.3 Å². The molecule has 1 aromatic rings. The van der Waals surface area contributed by atoms with E-state index in [1.165, 1.54) is 25.7 Å². The van der Waals surface area contributed by atoms with Gasteiger partial charge in [-0.1, -0.05) is 6.42 Å². The quantitative estimate of drug-likeness (QED) is 0.702. The summed E-state index contributed by atoms with van der Waals surface area (Å²) in [7, 11) is 0. The molecule has 3 rings (SSSR count). The third kappa shape index (κ3) is 2.12. The largest absolute Gasteiger partial charge is 0.370 e. The second-order valence-electron chi connectivity index (χ2n) is 5.71. The predicted octanol–water partition coefficient (Wildman–Crippen LogP) is 0.958. The molecule has 2 heterocycles. The van der Waals surface area contributed by atoms with Crippen LogP contribution in [0.5, 0.6) is 0 Å². The van der Waals surface area contributed by atoms with E-state index in [2.05, 4.69) is 26.5 Å². The van der Waals surface area contributed by atoms with Crippen molar-refractivity contribution in [1.29, 1.82) is 0 Å². The second-order valence-corrected chi connectivity index (χ2v) is 5.71. The van der Waals surface area contributed by atoms with Crippen molar-refractivity contribution in [1.82, 2.24) is 15.1 Å². The van der Waals surface area contributed by atoms with Crippen molar-refractivity contribution in [2.24, 2.45) is 11.1 Å². The lowest BCUT2D eigenvalue weighted by atomic mass is 9.67. The Morgan fingerprint density at radius 2 is 2.33 bits per heavy atom. The summed E-state index contributed by atoms with van der Waals surface area (Å²) in [6, 6.07) is 2.59. The number of nitrogens with one attached hydrogen (secondary N) is 2. The van der Waals surface area contributed by atoms with E-state index in [0.717, 1.165) is 32.0 Å². The molecule has 0 amide bonds. The number of anilines is 1. The molecule has 1 saturated carbocycles. The summed E-state index contributed by atoms with van der Waals surface area (Å²) >= 11 is 0. The Balaban J connectivity index is 1.52. The van der Waals surface area contributed by atoms with E-state index in [0.29, 0.717) is 11.5 Å². The van der Waals surface area contributed by atoms with E-state index in [1.807, 2.05) is 6.20 Å². The molecule has 1 saturated heterocycles. The predicted molar refractivity (Wildman–Crippen MR) is 72.6 cm³/mol. The van der Waals surface area contributed by atoms with E-state index in [9.17, 15) is 0 Å². The Hall–Kier alpha value is -1.07. The van der Waals surface area contributed by atoms with Crippen LogP contribution in [0.3, 0.4) is 0 Å². The molecule has 18 heavy (non-hydrogen) atoms. The highest BCUT2D eigenvalue weighted by molar-refractivity contribution is 5.34. The molecule has 1 aliphatic heterocycles. The first-order valence-electron chi connectivity index (χ1n) is 7.01. The molecule has 0 aromatic carbocycles. The van der Waals surface area contributed by atoms with Gasteiger partial charge in [-0.2, -0.15) is 5.10 Å². The number of hydrogen-bond donors (Lipinski definition) is 3. The smallest absolute Gasteiger partial charge is 0.124 e. The summed E-state index contributed by atoms with van der Waals surface area (Å²) in [6.45, 7) is 3.90. The maximum atomic E-state index is 5.88. The van der Waals surface area contributed by atoms with Crippen LogP contribution in [-0.2, 0) is 0 Å². The van der Waals surface area contributed by atoms with Gasteiger partial charge in [-0.15, -0.1) is 0 Å². The molecule has 0 radical (unpaired) electrons. The van der Waals surface area contributed by atoms with Crippen LogP contribution in [0.2, 0.25) is 0 Å². The molecule has 5 heteroatoms. The van der Waals surface area contributed by atoms with Crippen molar-refractivity contribution < 1.29 is 0 Å². The van der Waals surface area contributed by atoms with Crippen molar-refractivity contribution in [3.05, 3.63) is 12.3 Å². The van der Waals surface area contributed by atoms with Gasteiger partial charge in [0.25, 0.3) is 0 Å². The first-order valence-corrected chi connectivity index (χ1v) is 7.01. The van der Waals surface area contributed by atoms with E-state index in [4.69, 9.17) is 5.73 Å². The standard InChI is InChI=1S/C13H23N5/c14-10-13(3-1-4-13)5-7-16-12-2-6-17-18(12)11-8-15-9-11/h2,6,11,15-16H,1,3-5,7-10,14H2. The normalized spacial score (nSPS) is 22.3. The Kier molecular flexibility index (Phi) is 3.26. The number of nitrogens with zero attached hydrogens (tertiary/aromatic N) is 2. The fraction of sp³-hybridized carbons (Fsp3) is 0.769. The van der Waals surface area contributed by atoms with Crippen molar-refractivity contribution in [3.63, 3.8) is 0 Å². The topological polar surface area (TPSA) is 67.9 Å². The number of aromatic nitrogens is 2. The van der Waals surface area contributed by atoms with Gasteiger partial charge in [-0.25, -0.2) is 4.68 Å². The summed E-state index contributed by atoms with van der Waals surface area (Å²) in [5.41, 5.74) is 6.31. The van der Waals surface area contributed by atoms with Gasteiger partial charge in [-0.05, 0) is 31.2 Å². The number of nitrogens with two attached hydrogens (primary N) is 1. The van der Waals surface area contributed by atoms with Gasteiger partial charge in [0.2, 0.25) is 0 Å². The lowest BCUT2D eigenvalue weighted by molar-refractivity contribution is 0.136. The van der Waals surface area contributed by atoms with Gasteiger partial charge in [0.05, 0.1) is 12.2 Å². The van der Waals surface area contributed by atoms with E-state index < -0.39 is 0 Å². The highest BCUT2D eigenvalue weighted by Crippen LogP contribution is 2.42. The molecular weight excluding hydrogens is 226 g/mol. The van der Waals surface area contributed by atoms with E-state index in [1.54, 1.807) is 0 Å². The molecule has 1 aliphatic carbocycles. The molecule has 0 spiro atoms. The second kappa shape index (κ2) is 4.90. The highest BCUT2D eigenvalue weighted by atomic mass is 15.4. The van der Waals surface area contributed by atoms with Crippen LogP contribution >= 0.6 is 0 Å². The summed E-state index contributed by atoms with van der Waals surface area (Å²) in [4.78, 5) is 0. The van der Waals surface area contributed by atoms with Crippen LogP contribution in [0, 0.1) is 5.41 Å². The van der Waals surface area contributed by atoms with Gasteiger partial charge in [0, 0.05) is 25.7 Å². The number of hydrogen-bond acceptors (Lipinski definition) is 4. The van der Waals surface area contributed by atoms with Crippen LogP contribution in [-0.4, -0.2) is 36.0 Å². The Morgan fingerprint density at radius 3 is 2.89 bits per heavy atom. The Bertz CT molecular complexity index is 386. The minimum atomic E-state index is 0.426. The van der Waals surface area contributed by atoms with Crippen LogP contribution in [0.4, 0.5) is 5.82 Å². The summed E-state index contributed by atoms with van der Waals surface area (Å²) in [5, 5.41) is 11.2. The summed E-state index contributed by atoms with van der Waals surface area (Å²) in [5.74, 6) is 1.15. The average molecular weight is 249 g/mol. The average Bonchev–Trinajstić information content (AvgIpc) is 2.68.